The molecule has 5 heteroatoms. The van der Waals surface area contributed by atoms with Crippen LogP contribution in [0.2, 0.25) is 0 Å². The van der Waals surface area contributed by atoms with Crippen molar-refractivity contribution in [3.63, 3.8) is 0 Å². The van der Waals surface area contributed by atoms with Crippen molar-refractivity contribution in [2.24, 2.45) is 0 Å². The van der Waals surface area contributed by atoms with Crippen molar-refractivity contribution >= 4 is 11.6 Å². The smallest absolute Gasteiger partial charge is 0.227 e. The van der Waals surface area contributed by atoms with Crippen molar-refractivity contribution in [3.05, 3.63) is 65.7 Å². The molecule has 1 fully saturated rings. The minimum Gasteiger partial charge on any atom is -0.493 e. The van der Waals surface area contributed by atoms with E-state index in [2.05, 4.69) is 31.0 Å². The predicted octanol–water partition coefficient (Wildman–Crippen LogP) is 4.63. The Kier molecular flexibility index (Phi) is 6.94. The van der Waals surface area contributed by atoms with E-state index < -0.39 is 0 Å². The molecule has 2 aromatic rings. The van der Waals surface area contributed by atoms with Gasteiger partial charge < -0.3 is 19.7 Å². The molecule has 1 aliphatic rings. The third kappa shape index (κ3) is 5.39. The standard InChI is InChI=1S/C24H30N2O3/c1-17(2)16-29-23-13-19(10-11-22(23)28-4)15-25-18(3)20-7-5-8-21(14-20)26-12-6-9-24(26)27/h5,7-8,10-11,13-14,18,25H,1,6,9,12,15-16H2,2-4H3. The fourth-order valence-corrected chi connectivity index (χ4v) is 3.42. The van der Waals surface area contributed by atoms with Crippen molar-refractivity contribution in [1.82, 2.24) is 5.32 Å². The Morgan fingerprint density at radius 2 is 2.07 bits per heavy atom. The van der Waals surface area contributed by atoms with Crippen LogP contribution in [0.1, 0.15) is 43.9 Å². The summed E-state index contributed by atoms with van der Waals surface area (Å²) in [5, 5.41) is 3.56. The van der Waals surface area contributed by atoms with E-state index in [0.717, 1.165) is 41.1 Å². The van der Waals surface area contributed by atoms with Crippen LogP contribution in [0, 0.1) is 0 Å². The van der Waals surface area contributed by atoms with E-state index in [1.54, 1.807) is 7.11 Å². The second kappa shape index (κ2) is 9.61. The number of nitrogens with zero attached hydrogens (tertiary/aromatic N) is 1. The zero-order valence-electron chi connectivity index (χ0n) is 17.5. The number of carbonyl (C=O) groups is 1. The maximum Gasteiger partial charge on any atom is 0.227 e. The molecule has 1 amide bonds. The maximum atomic E-state index is 12.0. The van der Waals surface area contributed by atoms with Crippen molar-refractivity contribution in [2.75, 3.05) is 25.2 Å². The predicted molar refractivity (Wildman–Crippen MR) is 117 cm³/mol. The molecule has 0 saturated carbocycles. The molecule has 1 aliphatic heterocycles. The van der Waals surface area contributed by atoms with Crippen LogP contribution in [0.15, 0.2) is 54.6 Å². The summed E-state index contributed by atoms with van der Waals surface area (Å²) in [5.41, 5.74) is 4.22. The van der Waals surface area contributed by atoms with Crippen LogP contribution in [-0.2, 0) is 11.3 Å². The van der Waals surface area contributed by atoms with Gasteiger partial charge in [-0.1, -0.05) is 24.8 Å². The normalized spacial score (nSPS) is 14.7. The first kappa shape index (κ1) is 20.9. The molecule has 1 unspecified atom stereocenters. The van der Waals surface area contributed by atoms with Gasteiger partial charge in [0, 0.05) is 31.2 Å². The fraction of sp³-hybridized carbons (Fsp3) is 0.375. The molecule has 3 rings (SSSR count). The average Bonchev–Trinajstić information content (AvgIpc) is 3.16. The van der Waals surface area contributed by atoms with Crippen LogP contribution in [0.3, 0.4) is 0 Å². The van der Waals surface area contributed by atoms with Crippen LogP contribution in [0.25, 0.3) is 0 Å². The maximum absolute atomic E-state index is 12.0. The molecule has 29 heavy (non-hydrogen) atoms. The minimum atomic E-state index is 0.148. The Bertz CT molecular complexity index is 878. The van der Waals surface area contributed by atoms with Gasteiger partial charge in [0.25, 0.3) is 0 Å². The third-order valence-electron chi connectivity index (χ3n) is 5.07. The molecule has 0 aliphatic carbocycles. The summed E-state index contributed by atoms with van der Waals surface area (Å²) in [4.78, 5) is 13.9. The summed E-state index contributed by atoms with van der Waals surface area (Å²) in [6.07, 6.45) is 1.58. The number of nitrogens with one attached hydrogen (secondary N) is 1. The number of ether oxygens (including phenoxy) is 2. The van der Waals surface area contributed by atoms with E-state index in [0.29, 0.717) is 25.3 Å². The molecule has 2 aromatic carbocycles. The topological polar surface area (TPSA) is 50.8 Å². The molecular weight excluding hydrogens is 364 g/mol. The largest absolute Gasteiger partial charge is 0.493 e. The summed E-state index contributed by atoms with van der Waals surface area (Å²) in [6.45, 7) is 9.91. The second-order valence-electron chi connectivity index (χ2n) is 7.58. The van der Waals surface area contributed by atoms with Gasteiger partial charge in [-0.3, -0.25) is 4.79 Å². The Balaban J connectivity index is 1.66. The molecular formula is C24H30N2O3. The van der Waals surface area contributed by atoms with Gasteiger partial charge in [0.15, 0.2) is 11.5 Å². The number of methoxy groups -OCH3 is 1. The van der Waals surface area contributed by atoms with Gasteiger partial charge in [0.05, 0.1) is 7.11 Å². The Labute approximate surface area is 173 Å². The highest BCUT2D eigenvalue weighted by molar-refractivity contribution is 5.95. The minimum absolute atomic E-state index is 0.148. The number of hydrogen-bond donors (Lipinski definition) is 1. The number of carbonyl (C=O) groups excluding carboxylic acids is 1. The summed E-state index contributed by atoms with van der Waals surface area (Å²) >= 11 is 0. The molecule has 1 saturated heterocycles. The number of benzene rings is 2. The lowest BCUT2D eigenvalue weighted by Crippen LogP contribution is -2.24. The monoisotopic (exact) mass is 394 g/mol. The van der Waals surface area contributed by atoms with Crippen LogP contribution in [0.4, 0.5) is 5.69 Å². The van der Waals surface area contributed by atoms with Gasteiger partial charge in [0.1, 0.15) is 6.61 Å². The highest BCUT2D eigenvalue weighted by Gasteiger charge is 2.22. The SMILES string of the molecule is C=C(C)COc1cc(CNC(C)c2cccc(N3CCCC3=O)c2)ccc1OC. The number of rotatable bonds is 9. The Morgan fingerprint density at radius 3 is 2.76 bits per heavy atom. The first-order valence-electron chi connectivity index (χ1n) is 10.1. The lowest BCUT2D eigenvalue weighted by Gasteiger charge is -2.20. The van der Waals surface area contributed by atoms with Crippen molar-refractivity contribution < 1.29 is 14.3 Å². The number of hydrogen-bond acceptors (Lipinski definition) is 4. The van der Waals surface area contributed by atoms with Gasteiger partial charge in [-0.15, -0.1) is 0 Å². The second-order valence-corrected chi connectivity index (χ2v) is 7.58. The summed E-state index contributed by atoms with van der Waals surface area (Å²) < 4.78 is 11.2. The Hall–Kier alpha value is -2.79. The van der Waals surface area contributed by atoms with Gasteiger partial charge in [-0.25, -0.2) is 0 Å². The molecule has 0 aromatic heterocycles. The quantitative estimate of drug-likeness (QED) is 0.630. The van der Waals surface area contributed by atoms with Crippen LogP contribution in [-0.4, -0.2) is 26.2 Å². The Morgan fingerprint density at radius 1 is 1.24 bits per heavy atom. The van der Waals surface area contributed by atoms with Crippen molar-refractivity contribution in [3.8, 4) is 11.5 Å². The van der Waals surface area contributed by atoms with Gasteiger partial charge in [-0.2, -0.15) is 0 Å². The summed E-state index contributed by atoms with van der Waals surface area (Å²) in [5.74, 6) is 1.64. The van der Waals surface area contributed by atoms with Gasteiger partial charge in [0.2, 0.25) is 5.91 Å². The van der Waals surface area contributed by atoms with E-state index in [4.69, 9.17) is 9.47 Å². The van der Waals surface area contributed by atoms with E-state index in [9.17, 15) is 4.79 Å². The van der Waals surface area contributed by atoms with Crippen LogP contribution >= 0.6 is 0 Å². The summed E-state index contributed by atoms with van der Waals surface area (Å²) in [7, 11) is 1.64. The van der Waals surface area contributed by atoms with Crippen LogP contribution < -0.4 is 19.7 Å². The summed E-state index contributed by atoms with van der Waals surface area (Å²) in [6, 6.07) is 14.3. The third-order valence-corrected chi connectivity index (χ3v) is 5.07. The van der Waals surface area contributed by atoms with Gasteiger partial charge in [-0.05, 0) is 61.2 Å². The van der Waals surface area contributed by atoms with E-state index in [-0.39, 0.29) is 11.9 Å². The van der Waals surface area contributed by atoms with Crippen LogP contribution in [0.5, 0.6) is 11.5 Å². The highest BCUT2D eigenvalue weighted by Crippen LogP contribution is 2.29. The molecule has 0 radical (unpaired) electrons. The molecule has 154 valence electrons. The molecule has 1 atom stereocenters. The van der Waals surface area contributed by atoms with Crippen molar-refractivity contribution in [1.29, 1.82) is 0 Å². The molecule has 0 spiro atoms. The zero-order valence-corrected chi connectivity index (χ0v) is 17.5. The molecule has 5 nitrogen and oxygen atoms in total. The highest BCUT2D eigenvalue weighted by atomic mass is 16.5. The van der Waals surface area contributed by atoms with E-state index >= 15 is 0 Å². The fourth-order valence-electron chi connectivity index (χ4n) is 3.42. The average molecular weight is 395 g/mol. The molecule has 1 N–H and O–H groups in total. The van der Waals surface area contributed by atoms with E-state index in [1.807, 2.05) is 42.2 Å². The van der Waals surface area contributed by atoms with Gasteiger partial charge >= 0.3 is 0 Å². The first-order valence-corrected chi connectivity index (χ1v) is 10.1. The lowest BCUT2D eigenvalue weighted by atomic mass is 10.1. The van der Waals surface area contributed by atoms with Crippen molar-refractivity contribution in [2.45, 2.75) is 39.3 Å². The lowest BCUT2D eigenvalue weighted by molar-refractivity contribution is -0.117. The zero-order chi connectivity index (χ0) is 20.8. The first-order chi connectivity index (χ1) is 14.0. The van der Waals surface area contributed by atoms with E-state index in [1.165, 1.54) is 0 Å². The molecule has 0 bridgehead atoms. The number of amides is 1. The molecule has 1 heterocycles. The number of anilines is 1.